The number of nitrogens with zero attached hydrogens (tertiary/aromatic N) is 4. The molecule has 1 aromatic heterocycles. The quantitative estimate of drug-likeness (QED) is 0.280. The van der Waals surface area contributed by atoms with Gasteiger partial charge in [-0.2, -0.15) is 22.0 Å². The first kappa shape index (κ1) is 24.3. The molecule has 0 saturated heterocycles. The van der Waals surface area contributed by atoms with Crippen LogP contribution in [0.3, 0.4) is 0 Å². The highest BCUT2D eigenvalue weighted by atomic mass is 32.2. The van der Waals surface area contributed by atoms with Crippen LogP contribution >= 0.6 is 11.8 Å². The maximum atomic E-state index is 13.0. The van der Waals surface area contributed by atoms with Gasteiger partial charge in [0.25, 0.3) is 0 Å². The summed E-state index contributed by atoms with van der Waals surface area (Å²) in [7, 11) is 0. The number of carbonyl (C=O) groups is 1. The van der Waals surface area contributed by atoms with Gasteiger partial charge in [0.1, 0.15) is 12.3 Å². The molecule has 0 atom stereocenters. The number of alkyl halides is 5. The van der Waals surface area contributed by atoms with E-state index in [1.807, 2.05) is 0 Å². The minimum Gasteiger partial charge on any atom is -0.435 e. The molecule has 0 aliphatic carbocycles. The van der Waals surface area contributed by atoms with Crippen molar-refractivity contribution in [3.63, 3.8) is 0 Å². The maximum absolute atomic E-state index is 13.0. The molecule has 2 aromatic carbocycles. The highest BCUT2D eigenvalue weighted by Crippen LogP contribution is 2.25. The molecule has 33 heavy (non-hydrogen) atoms. The van der Waals surface area contributed by atoms with E-state index in [-0.39, 0.29) is 29.0 Å². The van der Waals surface area contributed by atoms with Crippen LogP contribution in [0.2, 0.25) is 0 Å². The molecule has 0 bridgehead atoms. The summed E-state index contributed by atoms with van der Waals surface area (Å²) in [5.41, 5.74) is 0.996. The number of carbonyl (C=O) groups excluding carboxylic acids is 1. The van der Waals surface area contributed by atoms with Crippen LogP contribution < -0.4 is 10.6 Å². The fraction of sp³-hybridized carbons (Fsp3) is 0.250. The second-order valence-electron chi connectivity index (χ2n) is 6.72. The van der Waals surface area contributed by atoms with Crippen molar-refractivity contribution in [3.8, 4) is 17.1 Å². The number of ether oxygens (including phenoxy) is 1. The largest absolute Gasteiger partial charge is 0.435 e. The van der Waals surface area contributed by atoms with Gasteiger partial charge in [0, 0.05) is 12.1 Å². The Hall–Kier alpha value is -3.35. The van der Waals surface area contributed by atoms with E-state index in [0.717, 1.165) is 16.4 Å². The molecule has 1 amide bonds. The van der Waals surface area contributed by atoms with Gasteiger partial charge in [-0.3, -0.25) is 4.79 Å². The predicted molar refractivity (Wildman–Crippen MR) is 111 cm³/mol. The van der Waals surface area contributed by atoms with Crippen LogP contribution in [0, 0.1) is 0 Å². The van der Waals surface area contributed by atoms with Crippen molar-refractivity contribution < 1.29 is 31.5 Å². The molecule has 3 rings (SSSR count). The van der Waals surface area contributed by atoms with Gasteiger partial charge in [-0.05, 0) is 29.8 Å². The minimum absolute atomic E-state index is 0.0554. The van der Waals surface area contributed by atoms with Crippen molar-refractivity contribution >= 4 is 17.7 Å². The summed E-state index contributed by atoms with van der Waals surface area (Å²) >= 11 is 0.829. The normalized spacial score (nSPS) is 11.6. The number of hydrogen-bond acceptors (Lipinski definition) is 6. The summed E-state index contributed by atoms with van der Waals surface area (Å²) in [6.45, 7) is -4.56. The predicted octanol–water partition coefficient (Wildman–Crippen LogP) is 3.94. The van der Waals surface area contributed by atoms with Crippen LogP contribution in [0.1, 0.15) is 5.56 Å². The molecule has 2 N–H and O–H groups in total. The highest BCUT2D eigenvalue weighted by Gasteiger charge is 2.33. The standard InChI is InChI=1S/C20H18F5N5O2S/c21-18(22)32-15-8-6-14(7-9-15)17-27-28-19(30(17)26)33-11-16(31)29(12-20(23,24)25)10-13-4-2-1-3-5-13/h1-9,18H,10-12,26H2. The second kappa shape index (κ2) is 10.5. The Labute approximate surface area is 189 Å². The summed E-state index contributed by atoms with van der Waals surface area (Å²) < 4.78 is 68.8. The maximum Gasteiger partial charge on any atom is 0.406 e. The van der Waals surface area contributed by atoms with Gasteiger partial charge < -0.3 is 15.5 Å². The number of nitrogen functional groups attached to an aromatic ring is 1. The molecular formula is C20H18F5N5O2S. The Balaban J connectivity index is 1.67. The molecule has 7 nitrogen and oxygen atoms in total. The molecule has 0 aliphatic heterocycles. The monoisotopic (exact) mass is 487 g/mol. The summed E-state index contributed by atoms with van der Waals surface area (Å²) in [6.07, 6.45) is -4.56. The van der Waals surface area contributed by atoms with Crippen LogP contribution in [0.15, 0.2) is 59.8 Å². The summed E-state index contributed by atoms with van der Waals surface area (Å²) in [4.78, 5) is 13.3. The Morgan fingerprint density at radius 2 is 1.76 bits per heavy atom. The third kappa shape index (κ3) is 7.07. The van der Waals surface area contributed by atoms with Crippen molar-refractivity contribution in [2.75, 3.05) is 18.1 Å². The van der Waals surface area contributed by atoms with E-state index < -0.39 is 25.2 Å². The van der Waals surface area contributed by atoms with Crippen molar-refractivity contribution in [1.82, 2.24) is 19.8 Å². The van der Waals surface area contributed by atoms with Gasteiger partial charge >= 0.3 is 12.8 Å². The van der Waals surface area contributed by atoms with Crippen LogP contribution in [-0.4, -0.2) is 50.8 Å². The van der Waals surface area contributed by atoms with Gasteiger partial charge in [-0.1, -0.05) is 42.1 Å². The van der Waals surface area contributed by atoms with Gasteiger partial charge in [0.05, 0.1) is 5.75 Å². The first-order chi connectivity index (χ1) is 15.6. The summed E-state index contributed by atoms with van der Waals surface area (Å²) in [6, 6.07) is 13.8. The van der Waals surface area contributed by atoms with Crippen molar-refractivity contribution in [2.45, 2.75) is 24.5 Å². The van der Waals surface area contributed by atoms with E-state index in [2.05, 4.69) is 14.9 Å². The van der Waals surface area contributed by atoms with E-state index in [0.29, 0.717) is 16.0 Å². The minimum atomic E-state index is -4.56. The van der Waals surface area contributed by atoms with Crippen LogP contribution in [0.5, 0.6) is 5.75 Å². The lowest BCUT2D eigenvalue weighted by atomic mass is 10.2. The molecule has 1 heterocycles. The van der Waals surface area contributed by atoms with Gasteiger partial charge in [-0.25, -0.2) is 4.68 Å². The Morgan fingerprint density at radius 1 is 1.09 bits per heavy atom. The molecule has 0 fully saturated rings. The zero-order valence-electron chi connectivity index (χ0n) is 16.9. The smallest absolute Gasteiger partial charge is 0.406 e. The summed E-state index contributed by atoms with van der Waals surface area (Å²) in [5, 5.41) is 7.85. The number of amides is 1. The van der Waals surface area contributed by atoms with Gasteiger partial charge in [0.15, 0.2) is 5.82 Å². The molecule has 176 valence electrons. The Morgan fingerprint density at radius 3 is 2.36 bits per heavy atom. The number of rotatable bonds is 9. The third-order valence-corrected chi connectivity index (χ3v) is 5.19. The fourth-order valence-electron chi connectivity index (χ4n) is 2.83. The first-order valence-electron chi connectivity index (χ1n) is 9.39. The molecule has 0 saturated carbocycles. The topological polar surface area (TPSA) is 86.3 Å². The Kier molecular flexibility index (Phi) is 7.74. The Bertz CT molecular complexity index is 1060. The summed E-state index contributed by atoms with van der Waals surface area (Å²) in [5.74, 6) is 4.97. The lowest BCUT2D eigenvalue weighted by molar-refractivity contribution is -0.160. The van der Waals surface area contributed by atoms with Crippen molar-refractivity contribution in [3.05, 3.63) is 60.2 Å². The lowest BCUT2D eigenvalue weighted by Crippen LogP contribution is -2.39. The zero-order chi connectivity index (χ0) is 24.0. The molecule has 0 aliphatic rings. The van der Waals surface area contributed by atoms with Crippen molar-refractivity contribution in [2.24, 2.45) is 0 Å². The van der Waals surface area contributed by atoms with E-state index in [4.69, 9.17) is 5.84 Å². The number of aromatic nitrogens is 3. The number of thioether (sulfide) groups is 1. The van der Waals surface area contributed by atoms with E-state index in [1.54, 1.807) is 30.3 Å². The fourth-order valence-corrected chi connectivity index (χ4v) is 3.59. The average Bonchev–Trinajstić information content (AvgIpc) is 3.12. The number of benzene rings is 2. The van der Waals surface area contributed by atoms with Crippen molar-refractivity contribution in [1.29, 1.82) is 0 Å². The lowest BCUT2D eigenvalue weighted by Gasteiger charge is -2.24. The van der Waals surface area contributed by atoms with E-state index >= 15 is 0 Å². The molecule has 0 radical (unpaired) electrons. The molecule has 0 spiro atoms. The van der Waals surface area contributed by atoms with Crippen LogP contribution in [0.25, 0.3) is 11.4 Å². The van der Waals surface area contributed by atoms with E-state index in [1.165, 1.54) is 24.3 Å². The van der Waals surface area contributed by atoms with Crippen LogP contribution in [-0.2, 0) is 11.3 Å². The first-order valence-corrected chi connectivity index (χ1v) is 10.4. The van der Waals surface area contributed by atoms with E-state index in [9.17, 15) is 26.7 Å². The SMILES string of the molecule is Nn1c(SCC(=O)N(Cc2ccccc2)CC(F)(F)F)nnc1-c1ccc(OC(F)F)cc1. The number of hydrogen-bond donors (Lipinski definition) is 1. The van der Waals surface area contributed by atoms with Gasteiger partial charge in [-0.15, -0.1) is 10.2 Å². The third-order valence-electron chi connectivity index (χ3n) is 4.27. The molecule has 3 aromatic rings. The zero-order valence-corrected chi connectivity index (χ0v) is 17.7. The second-order valence-corrected chi connectivity index (χ2v) is 7.66. The molecule has 0 unspecified atom stereocenters. The van der Waals surface area contributed by atoms with Crippen LogP contribution in [0.4, 0.5) is 22.0 Å². The average molecular weight is 487 g/mol. The molecular weight excluding hydrogens is 469 g/mol. The number of nitrogens with two attached hydrogens (primary N) is 1. The van der Waals surface area contributed by atoms with Gasteiger partial charge in [0.2, 0.25) is 11.1 Å². The number of halogens is 5. The highest BCUT2D eigenvalue weighted by molar-refractivity contribution is 7.99. The molecule has 13 heteroatoms.